The minimum absolute atomic E-state index is 0. The van der Waals surface area contributed by atoms with Gasteiger partial charge in [0.1, 0.15) is 0 Å². The second kappa shape index (κ2) is 11.4. The zero-order valence-electron chi connectivity index (χ0n) is 17.7. The normalized spacial score (nSPS) is 16.2. The first-order chi connectivity index (χ1) is 13.9. The fraction of sp³-hybridized carbons (Fsp3) is 0.476. The molecule has 0 bridgehead atoms. The fourth-order valence-corrected chi connectivity index (χ4v) is 5.60. The third kappa shape index (κ3) is 6.66. The molecule has 1 atom stereocenters. The number of halogens is 1. The average molecular weight is 563 g/mol. The topological polar surface area (TPSA) is 73.8 Å². The third-order valence-electron chi connectivity index (χ3n) is 5.24. The summed E-state index contributed by atoms with van der Waals surface area (Å²) in [7, 11) is -1.43. The number of sulfone groups is 1. The van der Waals surface area contributed by atoms with Gasteiger partial charge in [0.05, 0.1) is 10.9 Å². The molecule has 1 saturated heterocycles. The van der Waals surface area contributed by atoms with Crippen LogP contribution in [-0.2, 0) is 16.4 Å². The van der Waals surface area contributed by atoms with Crippen molar-refractivity contribution in [3.05, 3.63) is 51.7 Å². The minimum Gasteiger partial charge on any atom is -0.354 e. The van der Waals surface area contributed by atoms with Crippen LogP contribution in [-0.4, -0.2) is 52.2 Å². The molecular formula is C21H31IN4O2S2. The first-order valence-electron chi connectivity index (χ1n) is 9.90. The number of rotatable bonds is 7. The third-order valence-corrected chi connectivity index (χ3v) is 7.47. The maximum Gasteiger partial charge on any atom is 0.191 e. The number of thiophene rings is 1. The number of benzene rings is 1. The summed E-state index contributed by atoms with van der Waals surface area (Å²) >= 11 is 1.80. The van der Waals surface area contributed by atoms with E-state index >= 15 is 0 Å². The van der Waals surface area contributed by atoms with Crippen LogP contribution in [0.3, 0.4) is 0 Å². The molecule has 3 rings (SSSR count). The lowest BCUT2D eigenvalue weighted by molar-refractivity contribution is 0.249. The number of aryl methyl sites for hydroxylation is 1. The molecule has 1 aromatic carbocycles. The van der Waals surface area contributed by atoms with Crippen molar-refractivity contribution in [2.75, 3.05) is 32.9 Å². The molecule has 2 heterocycles. The molecule has 9 heteroatoms. The SMILES string of the molecule is CN=C(NCc1ccc(S(C)(=O)=O)c(C)c1)NCC(c1cccs1)N1CCCC1.I. The summed E-state index contributed by atoms with van der Waals surface area (Å²) in [6.07, 6.45) is 3.76. The fourth-order valence-electron chi connectivity index (χ4n) is 3.78. The van der Waals surface area contributed by atoms with Crippen LogP contribution in [0.5, 0.6) is 0 Å². The molecule has 6 nitrogen and oxygen atoms in total. The van der Waals surface area contributed by atoms with Crippen molar-refractivity contribution in [3.8, 4) is 0 Å². The molecule has 1 aliphatic heterocycles. The van der Waals surface area contributed by atoms with Crippen molar-refractivity contribution in [1.29, 1.82) is 0 Å². The largest absolute Gasteiger partial charge is 0.354 e. The van der Waals surface area contributed by atoms with Crippen molar-refractivity contribution < 1.29 is 8.42 Å². The highest BCUT2D eigenvalue weighted by molar-refractivity contribution is 14.0. The minimum atomic E-state index is -3.19. The molecule has 1 fully saturated rings. The van der Waals surface area contributed by atoms with Gasteiger partial charge in [0.25, 0.3) is 0 Å². The Balaban J connectivity index is 0.00000320. The van der Waals surface area contributed by atoms with Crippen LogP contribution in [0.4, 0.5) is 0 Å². The van der Waals surface area contributed by atoms with Gasteiger partial charge in [-0.05, 0) is 61.5 Å². The summed E-state index contributed by atoms with van der Waals surface area (Å²) in [4.78, 5) is 8.65. The van der Waals surface area contributed by atoms with Crippen molar-refractivity contribution in [2.24, 2.45) is 4.99 Å². The highest BCUT2D eigenvalue weighted by atomic mass is 127. The predicted octanol–water partition coefficient (Wildman–Crippen LogP) is 3.58. The molecule has 2 N–H and O–H groups in total. The standard InChI is InChI=1S/C21H30N4O2S2.HI/c1-16-13-17(8-9-20(16)29(3,26)27)14-23-21(22-2)24-15-18(19-7-6-12-28-19)25-10-4-5-11-25;/h6-9,12-13,18H,4-5,10-11,14-15H2,1-3H3,(H2,22,23,24);1H. The van der Waals surface area contributed by atoms with Crippen LogP contribution in [0.15, 0.2) is 45.6 Å². The molecular weight excluding hydrogens is 531 g/mol. The van der Waals surface area contributed by atoms with Crippen molar-refractivity contribution in [3.63, 3.8) is 0 Å². The highest BCUT2D eigenvalue weighted by Crippen LogP contribution is 2.27. The molecule has 1 aromatic heterocycles. The number of hydrogen-bond donors (Lipinski definition) is 2. The summed E-state index contributed by atoms with van der Waals surface area (Å²) in [6.45, 7) is 5.49. The molecule has 1 aliphatic rings. The van der Waals surface area contributed by atoms with Gasteiger partial charge in [-0.15, -0.1) is 35.3 Å². The van der Waals surface area contributed by atoms with E-state index in [9.17, 15) is 8.42 Å². The van der Waals surface area contributed by atoms with Gasteiger partial charge in [-0.25, -0.2) is 8.42 Å². The lowest BCUT2D eigenvalue weighted by Gasteiger charge is -2.27. The summed E-state index contributed by atoms with van der Waals surface area (Å²) in [5.74, 6) is 0.746. The smallest absolute Gasteiger partial charge is 0.191 e. The van der Waals surface area contributed by atoms with Crippen LogP contribution in [0.25, 0.3) is 0 Å². The number of aliphatic imine (C=N–C) groups is 1. The first kappa shape index (κ1) is 25.1. The van der Waals surface area contributed by atoms with Crippen molar-refractivity contribution in [1.82, 2.24) is 15.5 Å². The van der Waals surface area contributed by atoms with Crippen LogP contribution in [0.1, 0.15) is 34.9 Å². The molecule has 0 spiro atoms. The molecule has 30 heavy (non-hydrogen) atoms. The molecule has 0 radical (unpaired) electrons. The maximum absolute atomic E-state index is 11.8. The predicted molar refractivity (Wildman–Crippen MR) is 136 cm³/mol. The van der Waals surface area contributed by atoms with Crippen LogP contribution >= 0.6 is 35.3 Å². The van der Waals surface area contributed by atoms with Crippen LogP contribution in [0, 0.1) is 6.92 Å². The van der Waals surface area contributed by atoms with E-state index in [1.165, 1.54) is 24.0 Å². The average Bonchev–Trinajstić information content (AvgIpc) is 3.38. The molecule has 0 aliphatic carbocycles. The van der Waals surface area contributed by atoms with E-state index in [0.29, 0.717) is 17.5 Å². The Bertz CT molecular complexity index is 940. The number of likely N-dealkylation sites (tertiary alicyclic amines) is 1. The quantitative estimate of drug-likeness (QED) is 0.307. The molecule has 0 amide bonds. The maximum atomic E-state index is 11.8. The Morgan fingerprint density at radius 2 is 1.97 bits per heavy atom. The van der Waals surface area contributed by atoms with E-state index in [-0.39, 0.29) is 24.0 Å². The van der Waals surface area contributed by atoms with Crippen molar-refractivity contribution in [2.45, 2.75) is 37.2 Å². The lowest BCUT2D eigenvalue weighted by atomic mass is 10.1. The number of guanidine groups is 1. The first-order valence-corrected chi connectivity index (χ1v) is 12.7. The Hall–Kier alpha value is -1.17. The van der Waals surface area contributed by atoms with E-state index in [4.69, 9.17) is 0 Å². The van der Waals surface area contributed by atoms with Gasteiger partial charge in [0, 0.05) is 31.3 Å². The molecule has 166 valence electrons. The summed E-state index contributed by atoms with van der Waals surface area (Å²) in [5, 5.41) is 8.93. The second-order valence-electron chi connectivity index (χ2n) is 7.45. The van der Waals surface area contributed by atoms with Crippen LogP contribution < -0.4 is 10.6 Å². The lowest BCUT2D eigenvalue weighted by Crippen LogP contribution is -2.42. The Morgan fingerprint density at radius 3 is 2.53 bits per heavy atom. The Morgan fingerprint density at radius 1 is 1.23 bits per heavy atom. The zero-order valence-corrected chi connectivity index (χ0v) is 21.7. The van der Waals surface area contributed by atoms with Gasteiger partial charge >= 0.3 is 0 Å². The number of nitrogens with one attached hydrogen (secondary N) is 2. The molecule has 2 aromatic rings. The van der Waals surface area contributed by atoms with E-state index in [1.807, 2.05) is 19.1 Å². The van der Waals surface area contributed by atoms with E-state index in [1.54, 1.807) is 24.5 Å². The van der Waals surface area contributed by atoms with Gasteiger partial charge in [0.2, 0.25) is 0 Å². The van der Waals surface area contributed by atoms with E-state index < -0.39 is 9.84 Å². The second-order valence-corrected chi connectivity index (χ2v) is 10.4. The Labute approximate surface area is 201 Å². The highest BCUT2D eigenvalue weighted by Gasteiger charge is 2.24. The van der Waals surface area contributed by atoms with Crippen molar-refractivity contribution >= 4 is 51.1 Å². The molecule has 1 unspecified atom stereocenters. The van der Waals surface area contributed by atoms with Gasteiger partial charge in [-0.2, -0.15) is 0 Å². The van der Waals surface area contributed by atoms with E-state index in [2.05, 4.69) is 38.0 Å². The summed E-state index contributed by atoms with van der Waals surface area (Å²) < 4.78 is 23.6. The monoisotopic (exact) mass is 562 g/mol. The summed E-state index contributed by atoms with van der Waals surface area (Å²) in [6, 6.07) is 10.1. The molecule has 0 saturated carbocycles. The number of hydrogen-bond acceptors (Lipinski definition) is 5. The zero-order chi connectivity index (χ0) is 20.9. The van der Waals surface area contributed by atoms with Crippen LogP contribution in [0.2, 0.25) is 0 Å². The van der Waals surface area contributed by atoms with Gasteiger partial charge in [-0.3, -0.25) is 9.89 Å². The van der Waals surface area contributed by atoms with Gasteiger partial charge < -0.3 is 10.6 Å². The summed E-state index contributed by atoms with van der Waals surface area (Å²) in [5.41, 5.74) is 1.79. The van der Waals surface area contributed by atoms with Gasteiger partial charge in [-0.1, -0.05) is 18.2 Å². The Kier molecular flexibility index (Phi) is 9.58. The number of nitrogens with zero attached hydrogens (tertiary/aromatic N) is 2. The van der Waals surface area contributed by atoms with E-state index in [0.717, 1.165) is 36.7 Å². The van der Waals surface area contributed by atoms with Gasteiger partial charge in [0.15, 0.2) is 15.8 Å².